The number of allylic oxidation sites excluding steroid dienone is 2. The Morgan fingerprint density at radius 1 is 1.10 bits per heavy atom. The monoisotopic (exact) mass is 265 g/mol. The Bertz CT molecular complexity index is 684. The summed E-state index contributed by atoms with van der Waals surface area (Å²) in [5.41, 5.74) is 4.56. The van der Waals surface area contributed by atoms with Crippen LogP contribution in [0.1, 0.15) is 23.6 Å². The van der Waals surface area contributed by atoms with E-state index < -0.39 is 0 Å². The zero-order chi connectivity index (χ0) is 13.7. The van der Waals surface area contributed by atoms with Crippen LogP contribution in [0.2, 0.25) is 0 Å². The molecular formula is C17H15NO2. The van der Waals surface area contributed by atoms with Crippen molar-refractivity contribution in [1.82, 2.24) is 4.90 Å². The number of rotatable bonds is 0. The Labute approximate surface area is 117 Å². The third kappa shape index (κ3) is 1.63. The molecule has 3 aliphatic rings. The molecule has 0 amide bonds. The number of benzene rings is 1. The maximum Gasteiger partial charge on any atom is 0.230 e. The van der Waals surface area contributed by atoms with Crippen LogP contribution in [-0.4, -0.2) is 29.6 Å². The topological polar surface area (TPSA) is 37.4 Å². The van der Waals surface area contributed by atoms with Crippen LogP contribution in [0.25, 0.3) is 0 Å². The normalized spacial score (nSPS) is 25.3. The molecule has 1 atom stereocenters. The molecule has 1 aromatic carbocycles. The second-order valence-corrected chi connectivity index (χ2v) is 5.67. The largest absolute Gasteiger partial charge is 0.291 e. The minimum atomic E-state index is -0.375. The lowest BCUT2D eigenvalue weighted by atomic mass is 9.81. The smallest absolute Gasteiger partial charge is 0.230 e. The lowest BCUT2D eigenvalue weighted by Crippen LogP contribution is -2.42. The molecule has 3 nitrogen and oxygen atoms in total. The summed E-state index contributed by atoms with van der Waals surface area (Å²) in [6.45, 7) is 1.58. The minimum Gasteiger partial charge on any atom is -0.291 e. The van der Waals surface area contributed by atoms with Crippen LogP contribution in [0.15, 0.2) is 47.6 Å². The predicted octanol–water partition coefficient (Wildman–Crippen LogP) is 1.99. The summed E-state index contributed by atoms with van der Waals surface area (Å²) in [5.74, 6) is -0.681. The standard InChI is InChI=1S/C17H15NO2/c19-16-6-5-12-9-15-13-4-2-1-3-11(13)7-8-18(15)10-14(12)17(16)20/h1-6,15H,7-10H2. The Morgan fingerprint density at radius 3 is 2.85 bits per heavy atom. The van der Waals surface area contributed by atoms with Crippen LogP contribution in [0.5, 0.6) is 0 Å². The highest BCUT2D eigenvalue weighted by Gasteiger charge is 2.36. The van der Waals surface area contributed by atoms with Crippen LogP contribution in [0, 0.1) is 0 Å². The van der Waals surface area contributed by atoms with E-state index in [-0.39, 0.29) is 11.6 Å². The number of ketones is 2. The number of carbonyl (C=O) groups is 2. The first-order chi connectivity index (χ1) is 9.74. The summed E-state index contributed by atoms with van der Waals surface area (Å²) in [5, 5.41) is 0. The second-order valence-electron chi connectivity index (χ2n) is 5.67. The van der Waals surface area contributed by atoms with E-state index in [2.05, 4.69) is 29.2 Å². The highest BCUT2D eigenvalue weighted by Crippen LogP contribution is 2.40. The first-order valence-corrected chi connectivity index (χ1v) is 7.04. The second kappa shape index (κ2) is 4.25. The molecule has 0 aromatic heterocycles. The first-order valence-electron chi connectivity index (χ1n) is 7.04. The minimum absolute atomic E-state index is 0.306. The molecule has 4 rings (SSSR count). The zero-order valence-corrected chi connectivity index (χ0v) is 11.1. The summed E-state index contributed by atoms with van der Waals surface area (Å²) in [6, 6.07) is 8.91. The summed E-state index contributed by atoms with van der Waals surface area (Å²) in [6.07, 6.45) is 5.12. The van der Waals surface area contributed by atoms with Crippen molar-refractivity contribution in [2.24, 2.45) is 0 Å². The van der Waals surface area contributed by atoms with Crippen LogP contribution in [-0.2, 0) is 16.0 Å². The van der Waals surface area contributed by atoms with Gasteiger partial charge in [-0.1, -0.05) is 30.3 Å². The molecule has 1 unspecified atom stereocenters. The number of hydrogen-bond donors (Lipinski definition) is 0. The molecule has 100 valence electrons. The average molecular weight is 265 g/mol. The van der Waals surface area contributed by atoms with Gasteiger partial charge in [0, 0.05) is 24.7 Å². The molecule has 0 fully saturated rings. The molecule has 3 heteroatoms. The molecule has 2 heterocycles. The van der Waals surface area contributed by atoms with Crippen molar-refractivity contribution >= 4 is 11.6 Å². The van der Waals surface area contributed by atoms with E-state index in [1.165, 1.54) is 17.2 Å². The first kappa shape index (κ1) is 11.8. The quantitative estimate of drug-likeness (QED) is 0.532. The number of Topliss-reactive ketones (excluding diaryl/α,β-unsaturated/α-hetero) is 1. The van der Waals surface area contributed by atoms with Crippen molar-refractivity contribution in [3.8, 4) is 0 Å². The van der Waals surface area contributed by atoms with Crippen molar-refractivity contribution in [3.05, 3.63) is 58.7 Å². The Balaban J connectivity index is 1.76. The van der Waals surface area contributed by atoms with Gasteiger partial charge in [-0.25, -0.2) is 0 Å². The number of fused-ring (bicyclic) bond motifs is 3. The summed E-state index contributed by atoms with van der Waals surface area (Å²) in [4.78, 5) is 25.9. The van der Waals surface area contributed by atoms with Gasteiger partial charge >= 0.3 is 0 Å². The van der Waals surface area contributed by atoms with Crippen LogP contribution < -0.4 is 0 Å². The highest BCUT2D eigenvalue weighted by atomic mass is 16.2. The fourth-order valence-corrected chi connectivity index (χ4v) is 3.55. The lowest BCUT2D eigenvalue weighted by Gasteiger charge is -2.42. The number of carbonyl (C=O) groups excluding carboxylic acids is 2. The van der Waals surface area contributed by atoms with Crippen LogP contribution >= 0.6 is 0 Å². The molecule has 0 bridgehead atoms. The highest BCUT2D eigenvalue weighted by molar-refractivity contribution is 6.48. The van der Waals surface area contributed by atoms with Gasteiger partial charge in [-0.05, 0) is 35.6 Å². The van der Waals surface area contributed by atoms with Crippen LogP contribution in [0.4, 0.5) is 0 Å². The Hall–Kier alpha value is -2.00. The molecular weight excluding hydrogens is 250 g/mol. The average Bonchev–Trinajstić information content (AvgIpc) is 2.50. The van der Waals surface area contributed by atoms with E-state index in [0.717, 1.165) is 25.0 Å². The predicted molar refractivity (Wildman–Crippen MR) is 75.3 cm³/mol. The van der Waals surface area contributed by atoms with E-state index in [0.29, 0.717) is 18.2 Å². The van der Waals surface area contributed by atoms with Gasteiger partial charge in [0.1, 0.15) is 0 Å². The van der Waals surface area contributed by atoms with Gasteiger partial charge in [0.25, 0.3) is 0 Å². The van der Waals surface area contributed by atoms with Gasteiger partial charge < -0.3 is 0 Å². The summed E-state index contributed by atoms with van der Waals surface area (Å²) >= 11 is 0. The Kier molecular flexibility index (Phi) is 2.51. The molecule has 2 aliphatic heterocycles. The van der Waals surface area contributed by atoms with E-state index in [1.807, 2.05) is 6.08 Å². The molecule has 0 radical (unpaired) electrons. The van der Waals surface area contributed by atoms with Gasteiger partial charge in [0.05, 0.1) is 0 Å². The molecule has 0 spiro atoms. The zero-order valence-electron chi connectivity index (χ0n) is 11.1. The third-order valence-electron chi connectivity index (χ3n) is 4.62. The summed E-state index contributed by atoms with van der Waals surface area (Å²) < 4.78 is 0. The van der Waals surface area contributed by atoms with Gasteiger partial charge in [-0.3, -0.25) is 14.5 Å². The van der Waals surface area contributed by atoms with Gasteiger partial charge in [0.15, 0.2) is 0 Å². The maximum atomic E-state index is 12.0. The van der Waals surface area contributed by atoms with E-state index in [1.54, 1.807) is 0 Å². The fourth-order valence-electron chi connectivity index (χ4n) is 3.55. The molecule has 1 aliphatic carbocycles. The number of hydrogen-bond acceptors (Lipinski definition) is 3. The summed E-state index contributed by atoms with van der Waals surface area (Å²) in [7, 11) is 0. The van der Waals surface area contributed by atoms with Crippen LogP contribution in [0.3, 0.4) is 0 Å². The maximum absolute atomic E-state index is 12.0. The molecule has 0 saturated heterocycles. The SMILES string of the molecule is O=C1C=CC2=C(CN3CCc4ccccc4C3C2)C1=O. The molecule has 20 heavy (non-hydrogen) atoms. The van der Waals surface area contributed by atoms with Crippen molar-refractivity contribution < 1.29 is 9.59 Å². The molecule has 0 saturated carbocycles. The third-order valence-corrected chi connectivity index (χ3v) is 4.62. The van der Waals surface area contributed by atoms with E-state index in [4.69, 9.17) is 0 Å². The van der Waals surface area contributed by atoms with E-state index in [9.17, 15) is 9.59 Å². The Morgan fingerprint density at radius 2 is 1.95 bits per heavy atom. The molecule has 0 N–H and O–H groups in total. The fraction of sp³-hybridized carbons (Fsp3) is 0.294. The van der Waals surface area contributed by atoms with Gasteiger partial charge in [-0.2, -0.15) is 0 Å². The van der Waals surface area contributed by atoms with Gasteiger partial charge in [-0.15, -0.1) is 0 Å². The van der Waals surface area contributed by atoms with Gasteiger partial charge in [0.2, 0.25) is 11.6 Å². The van der Waals surface area contributed by atoms with Crippen molar-refractivity contribution in [2.75, 3.05) is 13.1 Å². The lowest BCUT2D eigenvalue weighted by molar-refractivity contribution is -0.132. The van der Waals surface area contributed by atoms with Crippen molar-refractivity contribution in [2.45, 2.75) is 18.9 Å². The number of nitrogens with zero attached hydrogens (tertiary/aromatic N) is 1. The molecule has 1 aromatic rings. The van der Waals surface area contributed by atoms with Crippen molar-refractivity contribution in [3.63, 3.8) is 0 Å². The van der Waals surface area contributed by atoms with E-state index >= 15 is 0 Å². The van der Waals surface area contributed by atoms with Crippen molar-refractivity contribution in [1.29, 1.82) is 0 Å².